The van der Waals surface area contributed by atoms with E-state index in [9.17, 15) is 18.0 Å². The van der Waals surface area contributed by atoms with Crippen molar-refractivity contribution in [2.24, 2.45) is 5.92 Å². The molecule has 0 radical (unpaired) electrons. The number of alkyl halides is 3. The molecule has 6 nitrogen and oxygen atoms in total. The molecule has 0 spiro atoms. The number of hydrogen-bond donors (Lipinski definition) is 0. The Balaban J connectivity index is 1.70. The fourth-order valence-corrected chi connectivity index (χ4v) is 3.50. The SMILES string of the molecule is COC(Cn1cnc2c(cnn2-c2cccc(C(F)(F)F)c2)c1=O)C1CCC1. The van der Waals surface area contributed by atoms with E-state index in [0.717, 1.165) is 25.0 Å². The van der Waals surface area contributed by atoms with Crippen LogP contribution in [0.3, 0.4) is 0 Å². The third-order valence-electron chi connectivity index (χ3n) is 5.33. The van der Waals surface area contributed by atoms with Gasteiger partial charge in [0.05, 0.1) is 30.1 Å². The quantitative estimate of drug-likeness (QED) is 0.668. The van der Waals surface area contributed by atoms with Crippen LogP contribution in [-0.2, 0) is 17.5 Å². The number of ether oxygens (including phenoxy) is 1. The van der Waals surface area contributed by atoms with E-state index in [1.54, 1.807) is 7.11 Å². The second kappa shape index (κ2) is 7.05. The van der Waals surface area contributed by atoms with Crippen molar-refractivity contribution in [1.29, 1.82) is 0 Å². The molecule has 28 heavy (non-hydrogen) atoms. The Kier molecular flexibility index (Phi) is 4.70. The zero-order chi connectivity index (χ0) is 19.9. The first-order valence-electron chi connectivity index (χ1n) is 9.02. The van der Waals surface area contributed by atoms with Gasteiger partial charge in [-0.1, -0.05) is 12.5 Å². The number of methoxy groups -OCH3 is 1. The Labute approximate surface area is 158 Å². The molecule has 0 saturated heterocycles. The van der Waals surface area contributed by atoms with Crippen LogP contribution in [0, 0.1) is 5.92 Å². The summed E-state index contributed by atoms with van der Waals surface area (Å²) in [4.78, 5) is 17.1. The van der Waals surface area contributed by atoms with E-state index in [1.165, 1.54) is 40.3 Å². The number of fused-ring (bicyclic) bond motifs is 1. The van der Waals surface area contributed by atoms with Crippen LogP contribution in [0.25, 0.3) is 16.7 Å². The van der Waals surface area contributed by atoms with Gasteiger partial charge in [0.2, 0.25) is 0 Å². The lowest BCUT2D eigenvalue weighted by molar-refractivity contribution is -0.137. The third kappa shape index (κ3) is 3.30. The van der Waals surface area contributed by atoms with E-state index in [4.69, 9.17) is 4.74 Å². The van der Waals surface area contributed by atoms with Gasteiger partial charge in [-0.25, -0.2) is 9.67 Å². The van der Waals surface area contributed by atoms with Crippen molar-refractivity contribution in [2.45, 2.75) is 38.1 Å². The maximum absolute atomic E-state index is 13.0. The van der Waals surface area contributed by atoms with E-state index < -0.39 is 11.7 Å². The second-order valence-corrected chi connectivity index (χ2v) is 7.01. The first kappa shape index (κ1) is 18.7. The molecular weight excluding hydrogens is 373 g/mol. The standard InChI is InChI=1S/C19H19F3N4O2/c1-28-16(12-4-2-5-12)10-25-11-23-17-15(18(25)27)9-24-26(17)14-7-3-6-13(8-14)19(20,21)22/h3,6-9,11-12,16H,2,4-5,10H2,1H3. The molecule has 4 rings (SSSR count). The summed E-state index contributed by atoms with van der Waals surface area (Å²) < 4.78 is 47.2. The molecule has 9 heteroatoms. The highest BCUT2D eigenvalue weighted by Gasteiger charge is 2.31. The molecule has 2 aromatic heterocycles. The van der Waals surface area contributed by atoms with Crippen molar-refractivity contribution < 1.29 is 17.9 Å². The maximum Gasteiger partial charge on any atom is 0.416 e. The average molecular weight is 392 g/mol. The van der Waals surface area contributed by atoms with Crippen LogP contribution in [0.4, 0.5) is 13.2 Å². The minimum atomic E-state index is -4.46. The Hall–Kier alpha value is -2.68. The van der Waals surface area contributed by atoms with Crippen molar-refractivity contribution in [1.82, 2.24) is 19.3 Å². The van der Waals surface area contributed by atoms with Gasteiger partial charge >= 0.3 is 6.18 Å². The van der Waals surface area contributed by atoms with Crippen molar-refractivity contribution in [3.8, 4) is 5.69 Å². The first-order chi connectivity index (χ1) is 13.4. The molecule has 0 N–H and O–H groups in total. The number of rotatable bonds is 5. The molecule has 0 amide bonds. The molecule has 0 bridgehead atoms. The van der Waals surface area contributed by atoms with E-state index in [2.05, 4.69) is 10.1 Å². The van der Waals surface area contributed by atoms with E-state index in [1.807, 2.05) is 0 Å². The summed E-state index contributed by atoms with van der Waals surface area (Å²) in [7, 11) is 1.63. The van der Waals surface area contributed by atoms with Crippen LogP contribution in [0.15, 0.2) is 41.6 Å². The zero-order valence-corrected chi connectivity index (χ0v) is 15.2. The van der Waals surface area contributed by atoms with Crippen LogP contribution < -0.4 is 5.56 Å². The summed E-state index contributed by atoms with van der Waals surface area (Å²) in [6.45, 7) is 0.387. The summed E-state index contributed by atoms with van der Waals surface area (Å²) in [5.74, 6) is 0.431. The third-order valence-corrected chi connectivity index (χ3v) is 5.33. The van der Waals surface area contributed by atoms with E-state index in [0.29, 0.717) is 12.5 Å². The van der Waals surface area contributed by atoms with Gasteiger partial charge in [-0.15, -0.1) is 0 Å². The highest BCUT2D eigenvalue weighted by molar-refractivity contribution is 5.75. The number of nitrogens with zero attached hydrogens (tertiary/aromatic N) is 4. The van der Waals surface area contributed by atoms with Gasteiger partial charge in [-0.2, -0.15) is 18.3 Å². The fraction of sp³-hybridized carbons (Fsp3) is 0.421. The number of halogens is 3. The van der Waals surface area contributed by atoms with Gasteiger partial charge in [0.15, 0.2) is 5.65 Å². The van der Waals surface area contributed by atoms with Gasteiger partial charge in [0.25, 0.3) is 5.56 Å². The zero-order valence-electron chi connectivity index (χ0n) is 15.2. The second-order valence-electron chi connectivity index (χ2n) is 7.01. The molecule has 1 saturated carbocycles. The van der Waals surface area contributed by atoms with Crippen molar-refractivity contribution >= 4 is 11.0 Å². The van der Waals surface area contributed by atoms with Gasteiger partial charge < -0.3 is 4.74 Å². The lowest BCUT2D eigenvalue weighted by Gasteiger charge is -2.32. The Morgan fingerprint density at radius 2 is 2.11 bits per heavy atom. The summed E-state index contributed by atoms with van der Waals surface area (Å²) in [5, 5.41) is 4.35. The topological polar surface area (TPSA) is 61.9 Å². The van der Waals surface area contributed by atoms with Crippen molar-refractivity contribution in [3.05, 3.63) is 52.7 Å². The Morgan fingerprint density at radius 1 is 1.32 bits per heavy atom. The molecule has 148 valence electrons. The monoisotopic (exact) mass is 392 g/mol. The molecule has 1 aliphatic rings. The molecule has 1 fully saturated rings. The lowest BCUT2D eigenvalue weighted by atomic mass is 9.81. The fourth-order valence-electron chi connectivity index (χ4n) is 3.50. The molecule has 1 atom stereocenters. The molecule has 1 aliphatic carbocycles. The highest BCUT2D eigenvalue weighted by Crippen LogP contribution is 2.32. The number of hydrogen-bond acceptors (Lipinski definition) is 4. The van der Waals surface area contributed by atoms with Crippen LogP contribution in [0.2, 0.25) is 0 Å². The molecule has 2 heterocycles. The summed E-state index contributed by atoms with van der Waals surface area (Å²) >= 11 is 0. The van der Waals surface area contributed by atoms with Gasteiger partial charge in [0.1, 0.15) is 11.7 Å². The average Bonchev–Trinajstić information content (AvgIpc) is 3.06. The molecule has 1 unspecified atom stereocenters. The largest absolute Gasteiger partial charge is 0.416 e. The van der Waals surface area contributed by atoms with Gasteiger partial charge in [0, 0.05) is 7.11 Å². The summed E-state index contributed by atoms with van der Waals surface area (Å²) in [6.07, 6.45) is 1.54. The Morgan fingerprint density at radius 3 is 2.75 bits per heavy atom. The molecule has 0 aliphatic heterocycles. The van der Waals surface area contributed by atoms with E-state index in [-0.39, 0.29) is 28.4 Å². The smallest absolute Gasteiger partial charge is 0.379 e. The van der Waals surface area contributed by atoms with Crippen LogP contribution in [-0.4, -0.2) is 32.5 Å². The van der Waals surface area contributed by atoms with Crippen LogP contribution in [0.1, 0.15) is 24.8 Å². The minimum Gasteiger partial charge on any atom is -0.379 e. The summed E-state index contributed by atoms with van der Waals surface area (Å²) in [5.41, 5.74) is -0.660. The van der Waals surface area contributed by atoms with Crippen molar-refractivity contribution in [2.75, 3.05) is 7.11 Å². The van der Waals surface area contributed by atoms with Crippen molar-refractivity contribution in [3.63, 3.8) is 0 Å². The van der Waals surface area contributed by atoms with Crippen LogP contribution >= 0.6 is 0 Å². The molecular formula is C19H19F3N4O2. The number of benzene rings is 1. The van der Waals surface area contributed by atoms with Gasteiger partial charge in [-0.3, -0.25) is 9.36 Å². The lowest BCUT2D eigenvalue weighted by Crippen LogP contribution is -2.35. The highest BCUT2D eigenvalue weighted by atomic mass is 19.4. The van der Waals surface area contributed by atoms with E-state index >= 15 is 0 Å². The predicted molar refractivity (Wildman–Crippen MR) is 96.3 cm³/mol. The molecule has 3 aromatic rings. The molecule has 1 aromatic carbocycles. The predicted octanol–water partition coefficient (Wildman–Crippen LogP) is 3.42. The van der Waals surface area contributed by atoms with Gasteiger partial charge in [-0.05, 0) is 37.0 Å². The summed E-state index contributed by atoms with van der Waals surface area (Å²) in [6, 6.07) is 4.76. The normalized spacial score (nSPS) is 16.3. The first-order valence-corrected chi connectivity index (χ1v) is 9.02. The number of aromatic nitrogens is 4. The minimum absolute atomic E-state index is 0.0655. The van der Waals surface area contributed by atoms with Crippen LogP contribution in [0.5, 0.6) is 0 Å². The maximum atomic E-state index is 13.0. The Bertz CT molecular complexity index is 1050.